The summed E-state index contributed by atoms with van der Waals surface area (Å²) in [4.78, 5) is 28.1. The van der Waals surface area contributed by atoms with Gasteiger partial charge in [0, 0.05) is 37.3 Å². The van der Waals surface area contributed by atoms with E-state index in [1.54, 1.807) is 6.08 Å². The number of hydrogen-bond acceptors (Lipinski definition) is 5. The first-order valence-corrected chi connectivity index (χ1v) is 10.1. The van der Waals surface area contributed by atoms with Crippen LogP contribution in [0.1, 0.15) is 36.5 Å². The summed E-state index contributed by atoms with van der Waals surface area (Å²) in [6.07, 6.45) is 3.50. The fourth-order valence-electron chi connectivity index (χ4n) is 3.77. The molecule has 0 radical (unpaired) electrons. The van der Waals surface area contributed by atoms with E-state index in [1.807, 2.05) is 6.92 Å². The molecule has 28 heavy (non-hydrogen) atoms. The largest absolute Gasteiger partial charge is 0.371 e. The molecule has 5 nitrogen and oxygen atoms in total. The van der Waals surface area contributed by atoms with Gasteiger partial charge in [0.05, 0.1) is 4.91 Å². The van der Waals surface area contributed by atoms with Gasteiger partial charge in [-0.1, -0.05) is 0 Å². The van der Waals surface area contributed by atoms with Gasteiger partial charge < -0.3 is 9.80 Å². The number of piperidine rings is 1. The number of rotatable bonds is 4. The molecule has 0 bridgehead atoms. The van der Waals surface area contributed by atoms with Gasteiger partial charge in [-0.05, 0) is 75.0 Å². The van der Waals surface area contributed by atoms with Crippen LogP contribution in [-0.2, 0) is 10.7 Å². The summed E-state index contributed by atoms with van der Waals surface area (Å²) >= 11 is 0.796. The normalized spacial score (nSPS) is 20.4. The molecule has 0 aliphatic carbocycles. The second-order valence-corrected chi connectivity index (χ2v) is 8.67. The Balaban J connectivity index is 2.03. The van der Waals surface area contributed by atoms with E-state index in [4.69, 9.17) is 0 Å². The lowest BCUT2D eigenvalue weighted by molar-refractivity contribution is -0.115. The monoisotopic (exact) mass is 409 g/mol. The summed E-state index contributed by atoms with van der Waals surface area (Å²) in [7, 11) is 4.12. The van der Waals surface area contributed by atoms with Gasteiger partial charge in [0.1, 0.15) is 0 Å². The van der Waals surface area contributed by atoms with E-state index in [1.165, 1.54) is 12.1 Å². The van der Waals surface area contributed by atoms with E-state index >= 15 is 0 Å². The molecular formula is C20H25F2N3O2S. The number of imide groups is 1. The summed E-state index contributed by atoms with van der Waals surface area (Å²) in [6.45, 7) is 4.29. The number of aryl methyl sites for hydroxylation is 1. The smallest absolute Gasteiger partial charge is 0.290 e. The first-order chi connectivity index (χ1) is 13.1. The van der Waals surface area contributed by atoms with E-state index < -0.39 is 17.1 Å². The van der Waals surface area contributed by atoms with Crippen LogP contribution in [0.3, 0.4) is 0 Å². The highest BCUT2D eigenvalue weighted by molar-refractivity contribution is 8.18. The third-order valence-electron chi connectivity index (χ3n) is 5.28. The zero-order valence-corrected chi connectivity index (χ0v) is 17.3. The fraction of sp³-hybridized carbons (Fsp3) is 0.500. The molecule has 152 valence electrons. The summed E-state index contributed by atoms with van der Waals surface area (Å²) in [5, 5.41) is 1.77. The van der Waals surface area contributed by atoms with Gasteiger partial charge in [-0.3, -0.25) is 14.9 Å². The van der Waals surface area contributed by atoms with Crippen molar-refractivity contribution in [2.75, 3.05) is 32.1 Å². The van der Waals surface area contributed by atoms with Gasteiger partial charge in [-0.15, -0.1) is 0 Å². The van der Waals surface area contributed by atoms with Crippen LogP contribution in [0.15, 0.2) is 17.0 Å². The lowest BCUT2D eigenvalue weighted by Gasteiger charge is -2.38. The number of nitrogens with one attached hydrogen (secondary N) is 1. The van der Waals surface area contributed by atoms with Gasteiger partial charge in [0.25, 0.3) is 17.1 Å². The molecule has 1 aromatic carbocycles. The third kappa shape index (κ3) is 4.38. The van der Waals surface area contributed by atoms with Crippen molar-refractivity contribution in [2.45, 2.75) is 38.7 Å². The highest BCUT2D eigenvalue weighted by Crippen LogP contribution is 2.38. The van der Waals surface area contributed by atoms with Gasteiger partial charge in [0.2, 0.25) is 0 Å². The van der Waals surface area contributed by atoms with Crippen molar-refractivity contribution in [2.24, 2.45) is 0 Å². The number of alkyl halides is 2. The van der Waals surface area contributed by atoms with Crippen LogP contribution in [-0.4, -0.2) is 49.3 Å². The number of halogens is 2. The predicted molar refractivity (Wildman–Crippen MR) is 109 cm³/mol. The van der Waals surface area contributed by atoms with Crippen LogP contribution in [0.25, 0.3) is 6.08 Å². The number of carbonyl (C=O) groups is 2. The highest BCUT2D eigenvalue weighted by Gasteiger charge is 2.30. The minimum absolute atomic E-state index is 0.0986. The summed E-state index contributed by atoms with van der Waals surface area (Å²) in [5.74, 6) is -3.48. The van der Waals surface area contributed by atoms with E-state index in [2.05, 4.69) is 29.2 Å². The second kappa shape index (κ2) is 7.83. The fourth-order valence-corrected chi connectivity index (χ4v) is 4.44. The molecule has 2 heterocycles. The first-order valence-electron chi connectivity index (χ1n) is 9.25. The van der Waals surface area contributed by atoms with Crippen LogP contribution < -0.4 is 10.2 Å². The quantitative estimate of drug-likeness (QED) is 0.763. The Kier molecular flexibility index (Phi) is 5.82. The molecule has 2 amide bonds. The van der Waals surface area contributed by atoms with Crippen molar-refractivity contribution in [1.82, 2.24) is 10.2 Å². The minimum Gasteiger partial charge on any atom is -0.371 e. The predicted octanol–water partition coefficient (Wildman–Crippen LogP) is 3.96. The Hall–Kier alpha value is -1.93. The molecule has 2 fully saturated rings. The Morgan fingerprint density at radius 3 is 2.39 bits per heavy atom. The van der Waals surface area contributed by atoms with E-state index in [0.717, 1.165) is 55.9 Å². The molecule has 2 saturated heterocycles. The average Bonchev–Trinajstić information content (AvgIpc) is 2.91. The number of hydrogen-bond donors (Lipinski definition) is 1. The number of anilines is 1. The van der Waals surface area contributed by atoms with Crippen LogP contribution in [0, 0.1) is 6.92 Å². The lowest BCUT2D eigenvalue weighted by atomic mass is 9.96. The van der Waals surface area contributed by atoms with Crippen LogP contribution in [0.5, 0.6) is 0 Å². The molecule has 1 aromatic rings. The summed E-state index contributed by atoms with van der Waals surface area (Å²) in [5.41, 5.74) is 2.04. The molecule has 0 spiro atoms. The van der Waals surface area contributed by atoms with Gasteiger partial charge in [-0.2, -0.15) is 0 Å². The molecule has 0 aromatic heterocycles. The summed E-state index contributed by atoms with van der Waals surface area (Å²) in [6, 6.07) is 3.44. The average molecular weight is 410 g/mol. The van der Waals surface area contributed by atoms with E-state index in [9.17, 15) is 18.4 Å². The maximum atomic E-state index is 14.0. The topological polar surface area (TPSA) is 52.7 Å². The molecule has 2 aliphatic heterocycles. The SMILES string of the molecule is Cc1cc(C(C)(F)F)cc(/C=C2\SC(=O)NC2=O)c1N1CCC(N(C)C)CC1. The zero-order chi connectivity index (χ0) is 20.6. The van der Waals surface area contributed by atoms with Gasteiger partial charge >= 0.3 is 0 Å². The molecule has 8 heteroatoms. The zero-order valence-electron chi connectivity index (χ0n) is 16.5. The number of amides is 2. The maximum Gasteiger partial charge on any atom is 0.290 e. The van der Waals surface area contributed by atoms with Gasteiger partial charge in [0.15, 0.2) is 0 Å². The number of carbonyl (C=O) groups excluding carboxylic acids is 2. The molecule has 0 saturated carbocycles. The molecule has 2 aliphatic rings. The number of nitrogens with zero attached hydrogens (tertiary/aromatic N) is 2. The van der Waals surface area contributed by atoms with Crippen molar-refractivity contribution in [3.63, 3.8) is 0 Å². The Morgan fingerprint density at radius 2 is 1.89 bits per heavy atom. The Labute approximate surface area is 168 Å². The first kappa shape index (κ1) is 20.8. The second-order valence-electron chi connectivity index (χ2n) is 7.65. The van der Waals surface area contributed by atoms with Crippen LogP contribution in [0.4, 0.5) is 19.3 Å². The van der Waals surface area contributed by atoms with E-state index in [0.29, 0.717) is 11.6 Å². The van der Waals surface area contributed by atoms with Crippen molar-refractivity contribution in [3.05, 3.63) is 33.7 Å². The molecular weight excluding hydrogens is 384 g/mol. The number of thioether (sulfide) groups is 1. The molecule has 3 rings (SSSR count). The lowest BCUT2D eigenvalue weighted by Crippen LogP contribution is -2.42. The van der Waals surface area contributed by atoms with Crippen LogP contribution in [0.2, 0.25) is 0 Å². The van der Waals surface area contributed by atoms with E-state index in [-0.39, 0.29) is 10.5 Å². The van der Waals surface area contributed by atoms with Crippen molar-refractivity contribution in [3.8, 4) is 0 Å². The highest BCUT2D eigenvalue weighted by atomic mass is 32.2. The Bertz CT molecular complexity index is 825. The van der Waals surface area contributed by atoms with Crippen molar-refractivity contribution in [1.29, 1.82) is 0 Å². The molecule has 0 unspecified atom stereocenters. The van der Waals surface area contributed by atoms with Crippen LogP contribution >= 0.6 is 11.8 Å². The summed E-state index contributed by atoms with van der Waals surface area (Å²) < 4.78 is 28.0. The van der Waals surface area contributed by atoms with Crippen molar-refractivity contribution >= 4 is 34.7 Å². The van der Waals surface area contributed by atoms with Crippen molar-refractivity contribution < 1.29 is 18.4 Å². The van der Waals surface area contributed by atoms with Gasteiger partial charge in [-0.25, -0.2) is 8.78 Å². The number of benzene rings is 1. The third-order valence-corrected chi connectivity index (χ3v) is 6.09. The maximum absolute atomic E-state index is 14.0. The Morgan fingerprint density at radius 1 is 1.25 bits per heavy atom. The molecule has 1 N–H and O–H groups in total. The molecule has 0 atom stereocenters. The minimum atomic E-state index is -2.99. The standard InChI is InChI=1S/C20H25F2N3O2S/c1-12-9-14(20(2,21)22)10-13(11-16-18(26)23-19(27)28-16)17(12)25-7-5-15(6-8-25)24(3)4/h9-11,15H,5-8H2,1-4H3,(H,23,26,27)/b16-11-.